The number of nitrogens with one attached hydrogen (secondary N) is 1. The van der Waals surface area contributed by atoms with E-state index in [1.807, 2.05) is 31.3 Å². The van der Waals surface area contributed by atoms with Gasteiger partial charge in [-0.3, -0.25) is 14.9 Å². The number of imidazole rings is 1. The maximum Gasteiger partial charge on any atom is 0.326 e. The van der Waals surface area contributed by atoms with E-state index in [2.05, 4.69) is 16.0 Å². The molecule has 1 fully saturated rings. The van der Waals surface area contributed by atoms with Crippen LogP contribution in [0.3, 0.4) is 0 Å². The molecule has 0 saturated carbocycles. The molecule has 2 aromatic heterocycles. The average molecular weight is 511 g/mol. The summed E-state index contributed by atoms with van der Waals surface area (Å²) >= 11 is 0. The van der Waals surface area contributed by atoms with E-state index in [0.717, 1.165) is 54.0 Å². The number of nitrogens with zero attached hydrogens (tertiary/aromatic N) is 3. The van der Waals surface area contributed by atoms with Crippen LogP contribution in [0.15, 0.2) is 35.3 Å². The number of carbonyl (C=O) groups is 1. The second-order valence-corrected chi connectivity index (χ2v) is 10.4. The second-order valence-electron chi connectivity index (χ2n) is 10.4. The molecule has 3 atom stereocenters. The normalized spacial score (nSPS) is 17.8. The molecule has 2 unspecified atom stereocenters. The van der Waals surface area contributed by atoms with Gasteiger partial charge in [0.25, 0.3) is 5.56 Å². The van der Waals surface area contributed by atoms with E-state index in [4.69, 9.17) is 14.5 Å². The van der Waals surface area contributed by atoms with Crippen LogP contribution in [-0.4, -0.2) is 56.7 Å². The van der Waals surface area contributed by atoms with Crippen molar-refractivity contribution < 1.29 is 19.4 Å². The van der Waals surface area contributed by atoms with Crippen molar-refractivity contribution in [2.24, 2.45) is 13.0 Å². The van der Waals surface area contributed by atoms with Crippen molar-refractivity contribution in [2.75, 3.05) is 13.2 Å². The molecule has 37 heavy (non-hydrogen) atoms. The smallest absolute Gasteiger partial charge is 0.326 e. The van der Waals surface area contributed by atoms with Crippen LogP contribution in [0.4, 0.5) is 0 Å². The molecule has 0 amide bonds. The lowest BCUT2D eigenvalue weighted by Gasteiger charge is -2.24. The molecule has 0 aliphatic carbocycles. The Bertz CT molecular complexity index is 1280. The van der Waals surface area contributed by atoms with Crippen molar-refractivity contribution in [3.63, 3.8) is 0 Å². The number of aryl methyl sites for hydroxylation is 2. The van der Waals surface area contributed by atoms with Gasteiger partial charge >= 0.3 is 5.97 Å². The number of carbonyl (C=O) groups excluding carboxylic acids is 1. The largest absolute Gasteiger partial charge is 0.462 e. The number of aromatic nitrogens is 3. The zero-order valence-corrected chi connectivity index (χ0v) is 22.4. The number of ether oxygens (including phenoxy) is 2. The third-order valence-electron chi connectivity index (χ3n) is 6.74. The minimum absolute atomic E-state index is 0.0240. The molecular weight excluding hydrogens is 472 g/mol. The molecule has 9 nitrogen and oxygen atoms in total. The molecule has 0 spiro atoms. The standard InChI is InChI=1S/C28H38N4O5/c1-17(2)37-28(35)25(19(4)33)29-13-20-8-9-23-24(12-20)32(14-21-7-6-10-36-16-21)26(30-23)22-11-18(3)27(34)31(5)15-22/h8-9,11-12,15,17,19,21,25,29,33H,6-7,10,13-14,16H2,1-5H3/t19-,21?,25?/m1/s1. The van der Waals surface area contributed by atoms with E-state index in [1.165, 1.54) is 0 Å². The first-order valence-corrected chi connectivity index (χ1v) is 13.0. The molecule has 0 bridgehead atoms. The number of hydrogen-bond donors (Lipinski definition) is 2. The molecule has 1 aliphatic heterocycles. The van der Waals surface area contributed by atoms with Crippen LogP contribution in [0.5, 0.6) is 0 Å². The van der Waals surface area contributed by atoms with Crippen LogP contribution in [0.1, 0.15) is 44.7 Å². The van der Waals surface area contributed by atoms with E-state index in [-0.39, 0.29) is 11.7 Å². The van der Waals surface area contributed by atoms with Crippen LogP contribution in [0.2, 0.25) is 0 Å². The summed E-state index contributed by atoms with van der Waals surface area (Å²) in [4.78, 5) is 29.7. The highest BCUT2D eigenvalue weighted by atomic mass is 16.5. The minimum atomic E-state index is -0.897. The Morgan fingerprint density at radius 3 is 2.73 bits per heavy atom. The number of pyridine rings is 1. The molecule has 4 rings (SSSR count). The number of fused-ring (bicyclic) bond motifs is 1. The van der Waals surface area contributed by atoms with Crippen molar-refractivity contribution >= 4 is 17.0 Å². The Balaban J connectivity index is 1.69. The number of rotatable bonds is 9. The lowest BCUT2D eigenvalue weighted by Crippen LogP contribution is -2.46. The minimum Gasteiger partial charge on any atom is -0.462 e. The monoisotopic (exact) mass is 510 g/mol. The first-order chi connectivity index (χ1) is 17.6. The lowest BCUT2D eigenvalue weighted by molar-refractivity contribution is -0.152. The highest BCUT2D eigenvalue weighted by Gasteiger charge is 2.26. The highest BCUT2D eigenvalue weighted by molar-refractivity contribution is 5.81. The van der Waals surface area contributed by atoms with Gasteiger partial charge in [-0.15, -0.1) is 0 Å². The second kappa shape index (κ2) is 11.6. The molecule has 200 valence electrons. The molecule has 9 heteroatoms. The number of hydrogen-bond acceptors (Lipinski definition) is 7. The predicted octanol–water partition coefficient (Wildman–Crippen LogP) is 2.93. The van der Waals surface area contributed by atoms with Gasteiger partial charge in [0.05, 0.1) is 29.8 Å². The summed E-state index contributed by atoms with van der Waals surface area (Å²) in [6.07, 6.45) is 2.80. The molecule has 3 aromatic rings. The third kappa shape index (κ3) is 6.29. The topological polar surface area (TPSA) is 108 Å². The molecule has 1 aliphatic rings. The SMILES string of the molecule is Cc1cc(-c2nc3ccc(CNC(C(=O)OC(C)C)[C@@H](C)O)cc3n2CC2CCCOC2)cn(C)c1=O. The fraction of sp³-hybridized carbons (Fsp3) is 0.536. The van der Waals surface area contributed by atoms with Crippen molar-refractivity contribution in [1.29, 1.82) is 0 Å². The third-order valence-corrected chi connectivity index (χ3v) is 6.74. The van der Waals surface area contributed by atoms with E-state index < -0.39 is 18.1 Å². The van der Waals surface area contributed by atoms with E-state index in [0.29, 0.717) is 24.6 Å². The van der Waals surface area contributed by atoms with Crippen molar-refractivity contribution in [1.82, 2.24) is 19.4 Å². The van der Waals surface area contributed by atoms with E-state index in [9.17, 15) is 14.7 Å². The number of aliphatic hydroxyl groups is 1. The number of aliphatic hydroxyl groups excluding tert-OH is 1. The summed E-state index contributed by atoms with van der Waals surface area (Å²) in [6, 6.07) is 7.09. The summed E-state index contributed by atoms with van der Waals surface area (Å²) in [5.74, 6) is 0.707. The quantitative estimate of drug-likeness (QED) is 0.426. The van der Waals surface area contributed by atoms with Gasteiger partial charge in [0.15, 0.2) is 0 Å². The highest BCUT2D eigenvalue weighted by Crippen LogP contribution is 2.28. The molecule has 1 saturated heterocycles. The van der Waals surface area contributed by atoms with E-state index in [1.54, 1.807) is 32.4 Å². The van der Waals surface area contributed by atoms with Gasteiger partial charge in [-0.05, 0) is 64.3 Å². The zero-order valence-electron chi connectivity index (χ0n) is 22.4. The average Bonchev–Trinajstić information content (AvgIpc) is 3.20. The summed E-state index contributed by atoms with van der Waals surface area (Å²) in [6.45, 7) is 9.60. The maximum absolute atomic E-state index is 12.4. The molecule has 0 radical (unpaired) electrons. The summed E-state index contributed by atoms with van der Waals surface area (Å²) in [5, 5.41) is 13.3. The van der Waals surface area contributed by atoms with Gasteiger partial charge in [0, 0.05) is 50.0 Å². The van der Waals surface area contributed by atoms with Crippen LogP contribution in [-0.2, 0) is 34.4 Å². The van der Waals surface area contributed by atoms with Crippen LogP contribution in [0, 0.1) is 12.8 Å². The van der Waals surface area contributed by atoms with Crippen molar-refractivity contribution in [3.8, 4) is 11.4 Å². The maximum atomic E-state index is 12.4. The molecular formula is C28H38N4O5. The van der Waals surface area contributed by atoms with Gasteiger partial charge in [0.1, 0.15) is 11.9 Å². The van der Waals surface area contributed by atoms with Crippen molar-refractivity contribution in [3.05, 3.63) is 51.9 Å². The fourth-order valence-corrected chi connectivity index (χ4v) is 4.88. The summed E-state index contributed by atoms with van der Waals surface area (Å²) in [5.41, 5.74) is 4.32. The van der Waals surface area contributed by atoms with E-state index >= 15 is 0 Å². The van der Waals surface area contributed by atoms with Crippen molar-refractivity contribution in [2.45, 2.75) is 71.9 Å². The Morgan fingerprint density at radius 2 is 2.08 bits per heavy atom. The number of esters is 1. The van der Waals surface area contributed by atoms with Crippen LogP contribution in [0.25, 0.3) is 22.4 Å². The van der Waals surface area contributed by atoms with Gasteiger partial charge in [-0.1, -0.05) is 6.07 Å². The first kappa shape index (κ1) is 27.0. The Labute approximate surface area is 217 Å². The van der Waals surface area contributed by atoms with Gasteiger partial charge in [0.2, 0.25) is 0 Å². The predicted molar refractivity (Wildman–Crippen MR) is 142 cm³/mol. The number of benzene rings is 1. The van der Waals surface area contributed by atoms with Gasteiger partial charge in [-0.2, -0.15) is 0 Å². The molecule has 1 aromatic carbocycles. The van der Waals surface area contributed by atoms with Gasteiger partial charge in [-0.25, -0.2) is 4.98 Å². The summed E-state index contributed by atoms with van der Waals surface area (Å²) < 4.78 is 14.9. The van der Waals surface area contributed by atoms with Crippen LogP contribution >= 0.6 is 0 Å². The first-order valence-electron chi connectivity index (χ1n) is 13.0. The lowest BCUT2D eigenvalue weighted by atomic mass is 10.0. The Kier molecular flexibility index (Phi) is 8.46. The fourth-order valence-electron chi connectivity index (χ4n) is 4.88. The summed E-state index contributed by atoms with van der Waals surface area (Å²) in [7, 11) is 1.76. The van der Waals surface area contributed by atoms with Gasteiger partial charge < -0.3 is 23.7 Å². The van der Waals surface area contributed by atoms with Crippen LogP contribution < -0.4 is 10.9 Å². The zero-order chi connectivity index (χ0) is 26.7. The molecule has 2 N–H and O–H groups in total. The Morgan fingerprint density at radius 1 is 1.30 bits per heavy atom. The Hall–Kier alpha value is -3.01. The molecule has 3 heterocycles.